The second-order valence-corrected chi connectivity index (χ2v) is 14.5. The minimum Gasteiger partial charge on any atom is -0.469 e. The molecule has 40 heavy (non-hydrogen) atoms. The van der Waals surface area contributed by atoms with Crippen LogP contribution in [0.3, 0.4) is 0 Å². The summed E-state index contributed by atoms with van der Waals surface area (Å²) in [6.07, 6.45) is 8.04. The summed E-state index contributed by atoms with van der Waals surface area (Å²) >= 11 is 0. The second kappa shape index (κ2) is 10.9. The molecule has 1 aromatic carbocycles. The zero-order valence-corrected chi connectivity index (χ0v) is 25.1. The lowest BCUT2D eigenvalue weighted by Gasteiger charge is -2.34. The van der Waals surface area contributed by atoms with E-state index in [2.05, 4.69) is 5.32 Å². The molecule has 1 heterocycles. The van der Waals surface area contributed by atoms with Crippen LogP contribution in [0.4, 0.5) is 4.79 Å². The number of hydrogen-bond donors (Lipinski definition) is 1. The molecule has 3 fully saturated rings. The van der Waals surface area contributed by atoms with E-state index in [1.807, 2.05) is 13.8 Å². The van der Waals surface area contributed by atoms with Gasteiger partial charge in [0.05, 0.1) is 24.0 Å². The molecule has 0 radical (unpaired) electrons. The first-order chi connectivity index (χ1) is 18.9. The van der Waals surface area contributed by atoms with Crippen LogP contribution in [0, 0.1) is 44.4 Å². The highest BCUT2D eigenvalue weighted by molar-refractivity contribution is 7.90. The zero-order valence-electron chi connectivity index (χ0n) is 24.2. The topological polar surface area (TPSA) is 104 Å². The third kappa shape index (κ3) is 5.67. The standard InChI is InChI=1S/C31H42N2O6S/c1-19-6-9-27(10-7-19)40(36,37)33-18-26(20(2)21(33)3)16-31(4,17-29(34)38-5)32-30(35)39-28-11-8-23-12-22-13-24(23)15-25(28)14-22/h6-7,9-10,18,22-25,28H,8,11-17H2,1-5H3,(H,32,35)/t22?,23-,24?,25?,28?,31?/m1/s1. The highest BCUT2D eigenvalue weighted by atomic mass is 32.2. The van der Waals surface area contributed by atoms with Gasteiger partial charge in [0.1, 0.15) is 6.10 Å². The number of aromatic nitrogens is 1. The van der Waals surface area contributed by atoms with E-state index in [9.17, 15) is 18.0 Å². The largest absolute Gasteiger partial charge is 0.469 e. The van der Waals surface area contributed by atoms with Gasteiger partial charge in [-0.2, -0.15) is 0 Å². The average molecular weight is 571 g/mol. The Morgan fingerprint density at radius 1 is 1.00 bits per heavy atom. The van der Waals surface area contributed by atoms with Crippen LogP contribution in [0.2, 0.25) is 0 Å². The van der Waals surface area contributed by atoms with Crippen molar-refractivity contribution in [3.63, 3.8) is 0 Å². The van der Waals surface area contributed by atoms with Gasteiger partial charge in [-0.05, 0) is 120 Å². The Labute approximate surface area is 237 Å². The molecular formula is C31H42N2O6S. The van der Waals surface area contributed by atoms with E-state index >= 15 is 0 Å². The average Bonchev–Trinajstić information content (AvgIpc) is 3.30. The lowest BCUT2D eigenvalue weighted by Crippen LogP contribution is -2.50. The van der Waals surface area contributed by atoms with Crippen molar-refractivity contribution in [1.29, 1.82) is 0 Å². The third-order valence-corrected chi connectivity index (χ3v) is 11.5. The number of fused-ring (bicyclic) bond motifs is 2. The molecule has 218 valence electrons. The van der Waals surface area contributed by atoms with Crippen molar-refractivity contribution in [1.82, 2.24) is 9.29 Å². The summed E-state index contributed by atoms with van der Waals surface area (Å²) in [5.74, 6) is 2.24. The first-order valence-electron chi connectivity index (χ1n) is 14.4. The Hall–Kier alpha value is -2.81. The van der Waals surface area contributed by atoms with Crippen LogP contribution in [-0.2, 0) is 30.7 Å². The monoisotopic (exact) mass is 570 g/mol. The van der Waals surface area contributed by atoms with Gasteiger partial charge in [0.25, 0.3) is 10.0 Å². The summed E-state index contributed by atoms with van der Waals surface area (Å²) in [6, 6.07) is 6.74. The van der Waals surface area contributed by atoms with Crippen molar-refractivity contribution in [3.05, 3.63) is 52.8 Å². The van der Waals surface area contributed by atoms with Crippen LogP contribution in [0.15, 0.2) is 35.4 Å². The number of ether oxygens (including phenoxy) is 2. The molecule has 3 saturated carbocycles. The van der Waals surface area contributed by atoms with Crippen molar-refractivity contribution in [2.24, 2.45) is 23.7 Å². The van der Waals surface area contributed by atoms with E-state index in [1.165, 1.54) is 23.9 Å². The number of carbonyl (C=O) groups is 2. The van der Waals surface area contributed by atoms with Crippen LogP contribution in [0.5, 0.6) is 0 Å². The summed E-state index contributed by atoms with van der Waals surface area (Å²) < 4.78 is 39.2. The molecule has 0 saturated heterocycles. The number of rotatable bonds is 8. The Bertz CT molecular complexity index is 1380. The Kier molecular flexibility index (Phi) is 7.81. The fraction of sp³-hybridized carbons (Fsp3) is 0.613. The molecule has 8 nitrogen and oxygen atoms in total. The van der Waals surface area contributed by atoms with Gasteiger partial charge in [-0.15, -0.1) is 0 Å². The number of hydrogen-bond acceptors (Lipinski definition) is 6. The summed E-state index contributed by atoms with van der Waals surface area (Å²) in [6.45, 7) is 7.31. The highest BCUT2D eigenvalue weighted by Crippen LogP contribution is 2.53. The van der Waals surface area contributed by atoms with Crippen molar-refractivity contribution in [2.75, 3.05) is 7.11 Å². The molecule has 3 aliphatic carbocycles. The number of benzene rings is 1. The van der Waals surface area contributed by atoms with Crippen molar-refractivity contribution in [3.8, 4) is 0 Å². The normalized spacial score (nSPS) is 27.1. The fourth-order valence-corrected chi connectivity index (χ4v) is 8.99. The zero-order chi connectivity index (χ0) is 28.8. The number of methoxy groups -OCH3 is 1. The minimum absolute atomic E-state index is 0.0761. The Balaban J connectivity index is 1.35. The summed E-state index contributed by atoms with van der Waals surface area (Å²) in [4.78, 5) is 25.9. The lowest BCUT2D eigenvalue weighted by molar-refractivity contribution is -0.142. The van der Waals surface area contributed by atoms with Gasteiger partial charge in [0, 0.05) is 11.9 Å². The molecule has 6 atom stereocenters. The van der Waals surface area contributed by atoms with Crippen LogP contribution in [0.1, 0.15) is 74.3 Å². The maximum atomic E-state index is 13.5. The molecule has 1 aromatic heterocycles. The third-order valence-electron chi connectivity index (χ3n) is 9.74. The molecule has 0 spiro atoms. The highest BCUT2D eigenvalue weighted by Gasteiger charge is 2.46. The van der Waals surface area contributed by atoms with Crippen molar-refractivity contribution >= 4 is 22.1 Å². The first-order valence-corrected chi connectivity index (χ1v) is 15.9. The molecule has 5 rings (SSSR count). The molecule has 0 aliphatic heterocycles. The number of nitrogens with one attached hydrogen (secondary N) is 1. The number of nitrogens with zero attached hydrogens (tertiary/aromatic N) is 1. The van der Waals surface area contributed by atoms with Crippen LogP contribution >= 0.6 is 0 Å². The van der Waals surface area contributed by atoms with E-state index in [0.29, 0.717) is 11.6 Å². The SMILES string of the molecule is COC(=O)CC(C)(Cc1cn(S(=O)(=O)c2ccc(C)cc2)c(C)c1C)NC(=O)OC1CC[C@@H]2CC3CC1CC2C3. The number of amides is 1. The van der Waals surface area contributed by atoms with Gasteiger partial charge in [-0.1, -0.05) is 17.7 Å². The van der Waals surface area contributed by atoms with Gasteiger partial charge in [0.2, 0.25) is 0 Å². The molecule has 2 aromatic rings. The molecule has 5 unspecified atom stereocenters. The molecule has 3 bridgehead atoms. The lowest BCUT2D eigenvalue weighted by atomic mass is 9.78. The van der Waals surface area contributed by atoms with Gasteiger partial charge in [-0.25, -0.2) is 17.2 Å². The summed E-state index contributed by atoms with van der Waals surface area (Å²) in [5, 5.41) is 2.98. The van der Waals surface area contributed by atoms with Crippen molar-refractivity contribution in [2.45, 2.75) is 95.6 Å². The number of carbonyl (C=O) groups excluding carboxylic acids is 2. The predicted molar refractivity (Wildman–Crippen MR) is 151 cm³/mol. The molecular weight excluding hydrogens is 528 g/mol. The Morgan fingerprint density at radius 2 is 1.68 bits per heavy atom. The van der Waals surface area contributed by atoms with Gasteiger partial charge < -0.3 is 14.8 Å². The van der Waals surface area contributed by atoms with Crippen LogP contribution in [-0.4, -0.2) is 43.2 Å². The maximum absolute atomic E-state index is 13.5. The van der Waals surface area contributed by atoms with Gasteiger partial charge in [-0.3, -0.25) is 4.79 Å². The molecule has 1 amide bonds. The maximum Gasteiger partial charge on any atom is 0.407 e. The molecule has 9 heteroatoms. The van der Waals surface area contributed by atoms with Gasteiger partial charge in [0.15, 0.2) is 0 Å². The Morgan fingerprint density at radius 3 is 2.38 bits per heavy atom. The quantitative estimate of drug-likeness (QED) is 0.423. The minimum atomic E-state index is -3.81. The first kappa shape index (κ1) is 28.7. The van der Waals surface area contributed by atoms with E-state index in [4.69, 9.17) is 9.47 Å². The number of alkyl carbamates (subject to hydrolysis) is 1. The number of esters is 1. The predicted octanol–water partition coefficient (Wildman–Crippen LogP) is 5.46. The summed E-state index contributed by atoms with van der Waals surface area (Å²) in [5.41, 5.74) is 2.04. The van der Waals surface area contributed by atoms with Gasteiger partial charge >= 0.3 is 12.1 Å². The smallest absolute Gasteiger partial charge is 0.407 e. The summed E-state index contributed by atoms with van der Waals surface area (Å²) in [7, 11) is -2.50. The number of aryl methyl sites for hydroxylation is 1. The van der Waals surface area contributed by atoms with Crippen LogP contribution in [0.25, 0.3) is 0 Å². The van der Waals surface area contributed by atoms with E-state index in [1.54, 1.807) is 44.3 Å². The molecule has 1 N–H and O–H groups in total. The second-order valence-electron chi connectivity index (χ2n) is 12.7. The van der Waals surface area contributed by atoms with Crippen LogP contribution < -0.4 is 5.32 Å². The van der Waals surface area contributed by atoms with E-state index in [-0.39, 0.29) is 23.8 Å². The van der Waals surface area contributed by atoms with Crippen molar-refractivity contribution < 1.29 is 27.5 Å². The molecule has 3 aliphatic rings. The van der Waals surface area contributed by atoms with E-state index < -0.39 is 27.6 Å². The fourth-order valence-electron chi connectivity index (χ4n) is 7.52. The van der Waals surface area contributed by atoms with E-state index in [0.717, 1.165) is 60.1 Å².